The Morgan fingerprint density at radius 3 is 2.94 bits per heavy atom. The Balaban J connectivity index is 2.26. The van der Waals surface area contributed by atoms with Crippen LogP contribution in [0.15, 0.2) is 39.4 Å². The number of rotatable bonds is 2. The molecule has 0 amide bonds. The molecular formula is C13H12N2O2. The van der Waals surface area contributed by atoms with E-state index in [1.807, 2.05) is 31.2 Å². The first kappa shape index (κ1) is 9.96. The first-order valence-electron chi connectivity index (χ1n) is 5.51. The summed E-state index contributed by atoms with van der Waals surface area (Å²) in [5.74, 6) is 0.786. The fourth-order valence-corrected chi connectivity index (χ4v) is 1.98. The highest BCUT2D eigenvalue weighted by atomic mass is 16.4. The minimum absolute atomic E-state index is 0.196. The summed E-state index contributed by atoms with van der Waals surface area (Å²) in [6.07, 6.45) is 2.44. The third-order valence-corrected chi connectivity index (χ3v) is 2.77. The maximum atomic E-state index is 5.60. The van der Waals surface area contributed by atoms with Gasteiger partial charge in [-0.25, -0.2) is 0 Å². The van der Waals surface area contributed by atoms with E-state index in [0.717, 1.165) is 34.4 Å². The molecule has 2 N–H and O–H groups in total. The summed E-state index contributed by atoms with van der Waals surface area (Å²) in [6.45, 7) is 2.01. The Morgan fingerprint density at radius 1 is 1.29 bits per heavy atom. The van der Waals surface area contributed by atoms with E-state index >= 15 is 0 Å². The second kappa shape index (κ2) is 3.66. The zero-order valence-electron chi connectivity index (χ0n) is 9.43. The minimum Gasteiger partial charge on any atom is -0.464 e. The molecule has 0 spiro atoms. The number of aromatic nitrogens is 1. The smallest absolute Gasteiger partial charge is 0.292 e. The SMILES string of the molecule is CCc1oc(N)nc1-c1coc2ccccc12. The van der Waals surface area contributed by atoms with Crippen LogP contribution in [-0.4, -0.2) is 4.98 Å². The van der Waals surface area contributed by atoms with Gasteiger partial charge >= 0.3 is 0 Å². The summed E-state index contributed by atoms with van der Waals surface area (Å²) in [4.78, 5) is 4.23. The van der Waals surface area contributed by atoms with Crippen LogP contribution in [0.1, 0.15) is 12.7 Å². The van der Waals surface area contributed by atoms with Gasteiger partial charge < -0.3 is 14.6 Å². The van der Waals surface area contributed by atoms with Crippen molar-refractivity contribution in [1.82, 2.24) is 4.98 Å². The fraction of sp³-hybridized carbons (Fsp3) is 0.154. The summed E-state index contributed by atoms with van der Waals surface area (Å²) in [5, 5.41) is 1.02. The van der Waals surface area contributed by atoms with E-state index in [4.69, 9.17) is 14.6 Å². The first-order chi connectivity index (χ1) is 8.29. The second-order valence-corrected chi connectivity index (χ2v) is 3.82. The number of fused-ring (bicyclic) bond motifs is 1. The molecule has 0 unspecified atom stereocenters. The predicted molar refractivity (Wildman–Crippen MR) is 65.5 cm³/mol. The number of oxazole rings is 1. The highest BCUT2D eigenvalue weighted by Crippen LogP contribution is 2.33. The van der Waals surface area contributed by atoms with Crippen LogP contribution in [0.5, 0.6) is 0 Å². The van der Waals surface area contributed by atoms with Crippen molar-refractivity contribution >= 4 is 17.0 Å². The standard InChI is InChI=1S/C13H12N2O2/c1-2-10-12(15-13(14)17-10)9-7-16-11-6-4-3-5-8(9)11/h3-7H,2H2,1H3,(H2,14,15). The lowest BCUT2D eigenvalue weighted by atomic mass is 10.1. The molecule has 1 aromatic carbocycles. The van der Waals surface area contributed by atoms with Gasteiger partial charge in [0, 0.05) is 17.4 Å². The van der Waals surface area contributed by atoms with Gasteiger partial charge in [0.25, 0.3) is 6.01 Å². The van der Waals surface area contributed by atoms with E-state index in [2.05, 4.69) is 4.98 Å². The molecule has 0 bridgehead atoms. The number of nitrogen functional groups attached to an aromatic ring is 1. The summed E-state index contributed by atoms with van der Waals surface area (Å²) < 4.78 is 10.9. The van der Waals surface area contributed by atoms with Gasteiger partial charge in [0.1, 0.15) is 23.3 Å². The van der Waals surface area contributed by atoms with Crippen LogP contribution >= 0.6 is 0 Å². The Hall–Kier alpha value is -2.23. The molecule has 3 rings (SSSR count). The normalized spacial score (nSPS) is 11.1. The average molecular weight is 228 g/mol. The lowest BCUT2D eigenvalue weighted by molar-refractivity contribution is 0.530. The number of anilines is 1. The Bertz CT molecular complexity index is 667. The Morgan fingerprint density at radius 2 is 2.12 bits per heavy atom. The molecule has 0 aliphatic rings. The molecule has 0 fully saturated rings. The molecule has 4 heteroatoms. The van der Waals surface area contributed by atoms with E-state index in [1.54, 1.807) is 6.26 Å². The monoisotopic (exact) mass is 228 g/mol. The van der Waals surface area contributed by atoms with E-state index in [9.17, 15) is 0 Å². The van der Waals surface area contributed by atoms with Crippen LogP contribution in [0, 0.1) is 0 Å². The van der Waals surface area contributed by atoms with Crippen molar-refractivity contribution in [2.75, 3.05) is 5.73 Å². The zero-order valence-corrected chi connectivity index (χ0v) is 9.43. The van der Waals surface area contributed by atoms with Crippen molar-refractivity contribution in [2.24, 2.45) is 0 Å². The van der Waals surface area contributed by atoms with Crippen LogP contribution in [0.2, 0.25) is 0 Å². The molecule has 0 atom stereocenters. The van der Waals surface area contributed by atoms with Gasteiger partial charge in [0.15, 0.2) is 0 Å². The van der Waals surface area contributed by atoms with Gasteiger partial charge in [-0.3, -0.25) is 0 Å². The Kier molecular flexibility index (Phi) is 2.14. The molecule has 2 aromatic heterocycles. The number of benzene rings is 1. The molecule has 0 radical (unpaired) electrons. The minimum atomic E-state index is 0.196. The van der Waals surface area contributed by atoms with Crippen LogP contribution in [0.25, 0.3) is 22.2 Å². The van der Waals surface area contributed by atoms with Gasteiger partial charge in [0.2, 0.25) is 0 Å². The van der Waals surface area contributed by atoms with E-state index in [1.165, 1.54) is 0 Å². The lowest BCUT2D eigenvalue weighted by Crippen LogP contribution is -1.84. The highest BCUT2D eigenvalue weighted by molar-refractivity contribution is 5.93. The van der Waals surface area contributed by atoms with E-state index < -0.39 is 0 Å². The average Bonchev–Trinajstić information content (AvgIpc) is 2.91. The molecule has 0 aliphatic heterocycles. The number of hydrogen-bond donors (Lipinski definition) is 1. The van der Waals surface area contributed by atoms with Crippen molar-refractivity contribution in [1.29, 1.82) is 0 Å². The molecule has 0 saturated heterocycles. The molecule has 0 aliphatic carbocycles. The van der Waals surface area contributed by atoms with Crippen molar-refractivity contribution in [3.63, 3.8) is 0 Å². The second-order valence-electron chi connectivity index (χ2n) is 3.82. The summed E-state index contributed by atoms with van der Waals surface area (Å²) in [7, 11) is 0. The predicted octanol–water partition coefficient (Wildman–Crippen LogP) is 3.23. The number of nitrogens with zero attached hydrogens (tertiary/aromatic N) is 1. The number of furan rings is 1. The quantitative estimate of drug-likeness (QED) is 0.731. The molecular weight excluding hydrogens is 216 g/mol. The maximum absolute atomic E-state index is 5.60. The fourth-order valence-electron chi connectivity index (χ4n) is 1.98. The summed E-state index contributed by atoms with van der Waals surface area (Å²) in [6, 6.07) is 8.03. The van der Waals surface area contributed by atoms with Gasteiger partial charge in [-0.15, -0.1) is 0 Å². The number of aryl methyl sites for hydroxylation is 1. The number of para-hydroxylation sites is 1. The maximum Gasteiger partial charge on any atom is 0.292 e. The molecule has 3 aromatic rings. The summed E-state index contributed by atoms with van der Waals surface area (Å²) in [5.41, 5.74) is 8.14. The highest BCUT2D eigenvalue weighted by Gasteiger charge is 2.16. The Labute approximate surface area is 98.0 Å². The van der Waals surface area contributed by atoms with Crippen molar-refractivity contribution in [2.45, 2.75) is 13.3 Å². The van der Waals surface area contributed by atoms with Gasteiger partial charge in [-0.1, -0.05) is 25.1 Å². The third-order valence-electron chi connectivity index (χ3n) is 2.77. The largest absolute Gasteiger partial charge is 0.464 e. The third kappa shape index (κ3) is 1.49. The molecule has 4 nitrogen and oxygen atoms in total. The number of nitrogens with two attached hydrogens (primary N) is 1. The molecule has 0 saturated carbocycles. The number of hydrogen-bond acceptors (Lipinski definition) is 4. The topological polar surface area (TPSA) is 65.2 Å². The molecule has 86 valence electrons. The van der Waals surface area contributed by atoms with Crippen LogP contribution in [-0.2, 0) is 6.42 Å². The summed E-state index contributed by atoms with van der Waals surface area (Å²) >= 11 is 0. The van der Waals surface area contributed by atoms with Gasteiger partial charge in [-0.2, -0.15) is 4.98 Å². The van der Waals surface area contributed by atoms with Crippen LogP contribution in [0.3, 0.4) is 0 Å². The van der Waals surface area contributed by atoms with Crippen LogP contribution in [0.4, 0.5) is 6.01 Å². The van der Waals surface area contributed by atoms with Crippen LogP contribution < -0.4 is 5.73 Å². The molecule has 2 heterocycles. The van der Waals surface area contributed by atoms with Crippen molar-refractivity contribution < 1.29 is 8.83 Å². The van der Waals surface area contributed by atoms with Crippen molar-refractivity contribution in [3.8, 4) is 11.3 Å². The van der Waals surface area contributed by atoms with Gasteiger partial charge in [-0.05, 0) is 6.07 Å². The first-order valence-corrected chi connectivity index (χ1v) is 5.51. The van der Waals surface area contributed by atoms with Crippen molar-refractivity contribution in [3.05, 3.63) is 36.3 Å². The molecule has 17 heavy (non-hydrogen) atoms. The van der Waals surface area contributed by atoms with Gasteiger partial charge in [0.05, 0.1) is 0 Å². The lowest BCUT2D eigenvalue weighted by Gasteiger charge is -1.94. The van der Waals surface area contributed by atoms with E-state index in [-0.39, 0.29) is 6.01 Å². The van der Waals surface area contributed by atoms with E-state index in [0.29, 0.717) is 0 Å². The zero-order chi connectivity index (χ0) is 11.8.